The van der Waals surface area contributed by atoms with Crippen molar-refractivity contribution in [2.45, 2.75) is 104 Å². The highest BCUT2D eigenvalue weighted by Gasteiger charge is 1.93. The molecule has 0 aliphatic carbocycles. The van der Waals surface area contributed by atoms with Gasteiger partial charge < -0.3 is 10.6 Å². The van der Waals surface area contributed by atoms with Crippen LogP contribution in [0.2, 0.25) is 0 Å². The van der Waals surface area contributed by atoms with Gasteiger partial charge in [0.15, 0.2) is 0 Å². The third-order valence-electron chi connectivity index (χ3n) is 4.39. The summed E-state index contributed by atoms with van der Waals surface area (Å²) in [5, 5.41) is 7.10. The molecule has 0 heterocycles. The van der Waals surface area contributed by atoms with Gasteiger partial charge in [-0.2, -0.15) is 0 Å². The summed E-state index contributed by atoms with van der Waals surface area (Å²) in [6.07, 6.45) is 19.7. The Morgan fingerprint density at radius 2 is 0.682 bits per heavy atom. The Balaban J connectivity index is 2.91. The molecule has 0 saturated heterocycles. The first-order valence-electron chi connectivity index (χ1n) is 10.3. The molecule has 134 valence electrons. The van der Waals surface area contributed by atoms with Crippen LogP contribution in [0.5, 0.6) is 0 Å². The smallest absolute Gasteiger partial charge is 0.00767 e. The topological polar surface area (TPSA) is 24.1 Å². The lowest BCUT2D eigenvalue weighted by Crippen LogP contribution is -2.28. The van der Waals surface area contributed by atoms with Gasteiger partial charge in [-0.15, -0.1) is 0 Å². The molecule has 2 N–H and O–H groups in total. The van der Waals surface area contributed by atoms with Crippen LogP contribution in [0, 0.1) is 0 Å². The van der Waals surface area contributed by atoms with Crippen LogP contribution in [0.3, 0.4) is 0 Å². The fourth-order valence-corrected chi connectivity index (χ4v) is 2.84. The van der Waals surface area contributed by atoms with Crippen LogP contribution in [-0.4, -0.2) is 26.2 Å². The van der Waals surface area contributed by atoms with Crippen LogP contribution in [0.1, 0.15) is 104 Å². The van der Waals surface area contributed by atoms with Crippen molar-refractivity contribution in [1.29, 1.82) is 0 Å². The second kappa shape index (κ2) is 20.9. The Hall–Kier alpha value is -0.0800. The Kier molecular flexibility index (Phi) is 20.8. The average Bonchev–Trinajstić information content (AvgIpc) is 2.54. The summed E-state index contributed by atoms with van der Waals surface area (Å²) < 4.78 is 0. The molecule has 0 fully saturated rings. The number of unbranched alkanes of at least 4 members (excludes halogenated alkanes) is 12. The van der Waals surface area contributed by atoms with Crippen molar-refractivity contribution in [3.8, 4) is 0 Å². The molecule has 0 bridgehead atoms. The zero-order chi connectivity index (χ0) is 16.1. The molecule has 0 saturated carbocycles. The highest BCUT2D eigenvalue weighted by atomic mass is 14.9. The lowest BCUT2D eigenvalue weighted by molar-refractivity contribution is 0.536. The molecule has 0 radical (unpaired) electrons. The predicted octanol–water partition coefficient (Wildman–Crippen LogP) is 5.67. The van der Waals surface area contributed by atoms with E-state index in [0.717, 1.165) is 13.1 Å². The van der Waals surface area contributed by atoms with Crippen molar-refractivity contribution >= 4 is 0 Å². The Morgan fingerprint density at radius 1 is 0.364 bits per heavy atom. The number of nitrogens with one attached hydrogen (secondary N) is 2. The van der Waals surface area contributed by atoms with Crippen molar-refractivity contribution in [1.82, 2.24) is 10.6 Å². The summed E-state index contributed by atoms with van der Waals surface area (Å²) in [5.74, 6) is 0. The summed E-state index contributed by atoms with van der Waals surface area (Å²) in [5.41, 5.74) is 0. The highest BCUT2D eigenvalue weighted by molar-refractivity contribution is 4.54. The van der Waals surface area contributed by atoms with E-state index in [-0.39, 0.29) is 0 Å². The van der Waals surface area contributed by atoms with Gasteiger partial charge in [-0.1, -0.05) is 90.9 Å². The van der Waals surface area contributed by atoms with Crippen molar-refractivity contribution in [3.63, 3.8) is 0 Å². The lowest BCUT2D eigenvalue weighted by atomic mass is 10.1. The van der Waals surface area contributed by atoms with E-state index >= 15 is 0 Å². The predicted molar refractivity (Wildman–Crippen MR) is 102 cm³/mol. The molecule has 0 aliphatic rings. The normalized spacial score (nSPS) is 11.2. The molecule has 0 aromatic heterocycles. The molecule has 0 aromatic rings. The molecule has 22 heavy (non-hydrogen) atoms. The Morgan fingerprint density at radius 3 is 1.05 bits per heavy atom. The molecule has 0 aromatic carbocycles. The molecule has 0 amide bonds. The van der Waals surface area contributed by atoms with Gasteiger partial charge >= 0.3 is 0 Å². The van der Waals surface area contributed by atoms with Gasteiger partial charge in [0, 0.05) is 13.1 Å². The van der Waals surface area contributed by atoms with Crippen molar-refractivity contribution in [2.75, 3.05) is 26.2 Å². The SMILES string of the molecule is CCCCCCCCCNCCNCCCCCCCCC. The molecule has 0 atom stereocenters. The van der Waals surface area contributed by atoms with Crippen LogP contribution >= 0.6 is 0 Å². The molecule has 2 heteroatoms. The molecular weight excluding hydrogens is 268 g/mol. The molecule has 0 spiro atoms. The first-order chi connectivity index (χ1) is 10.9. The van der Waals surface area contributed by atoms with E-state index in [1.54, 1.807) is 0 Å². The minimum absolute atomic E-state index is 1.13. The zero-order valence-corrected chi connectivity index (χ0v) is 15.7. The van der Waals surface area contributed by atoms with Gasteiger partial charge in [0.25, 0.3) is 0 Å². The van der Waals surface area contributed by atoms with E-state index < -0.39 is 0 Å². The van der Waals surface area contributed by atoms with Gasteiger partial charge in [0.05, 0.1) is 0 Å². The van der Waals surface area contributed by atoms with Gasteiger partial charge in [0.1, 0.15) is 0 Å². The fraction of sp³-hybridized carbons (Fsp3) is 1.00. The highest BCUT2D eigenvalue weighted by Crippen LogP contribution is 2.06. The molecule has 0 rings (SSSR count). The van der Waals surface area contributed by atoms with Gasteiger partial charge in [-0.25, -0.2) is 0 Å². The minimum Gasteiger partial charge on any atom is -0.315 e. The molecule has 0 unspecified atom stereocenters. The fourth-order valence-electron chi connectivity index (χ4n) is 2.84. The standard InChI is InChI=1S/C20H44N2/c1-3-5-7-9-11-13-15-17-21-19-20-22-18-16-14-12-10-8-6-4-2/h21-22H,3-20H2,1-2H3. The largest absolute Gasteiger partial charge is 0.315 e. The van der Waals surface area contributed by atoms with E-state index in [1.165, 1.54) is 103 Å². The van der Waals surface area contributed by atoms with Crippen molar-refractivity contribution < 1.29 is 0 Å². The maximum absolute atomic E-state index is 3.55. The number of hydrogen-bond acceptors (Lipinski definition) is 2. The van der Waals surface area contributed by atoms with Crippen LogP contribution in [-0.2, 0) is 0 Å². The van der Waals surface area contributed by atoms with Gasteiger partial charge in [-0.3, -0.25) is 0 Å². The third kappa shape index (κ3) is 19.9. The van der Waals surface area contributed by atoms with Crippen LogP contribution < -0.4 is 10.6 Å². The second-order valence-corrected chi connectivity index (χ2v) is 6.74. The molecule has 0 aliphatic heterocycles. The van der Waals surface area contributed by atoms with Crippen molar-refractivity contribution in [3.05, 3.63) is 0 Å². The average molecular weight is 313 g/mol. The second-order valence-electron chi connectivity index (χ2n) is 6.74. The summed E-state index contributed by atoms with van der Waals surface area (Å²) in [6, 6.07) is 0. The maximum atomic E-state index is 3.55. The van der Waals surface area contributed by atoms with E-state index in [1.807, 2.05) is 0 Å². The quantitative estimate of drug-likeness (QED) is 0.300. The van der Waals surface area contributed by atoms with Gasteiger partial charge in [0.2, 0.25) is 0 Å². The van der Waals surface area contributed by atoms with Crippen LogP contribution in [0.25, 0.3) is 0 Å². The first kappa shape index (κ1) is 21.9. The molecular formula is C20H44N2. The minimum atomic E-state index is 1.13. The first-order valence-corrected chi connectivity index (χ1v) is 10.3. The van der Waals surface area contributed by atoms with Crippen molar-refractivity contribution in [2.24, 2.45) is 0 Å². The zero-order valence-electron chi connectivity index (χ0n) is 15.7. The maximum Gasteiger partial charge on any atom is 0.00767 e. The third-order valence-corrected chi connectivity index (χ3v) is 4.39. The van der Waals surface area contributed by atoms with Gasteiger partial charge in [-0.05, 0) is 25.9 Å². The van der Waals surface area contributed by atoms with E-state index in [0.29, 0.717) is 0 Å². The summed E-state index contributed by atoms with van der Waals surface area (Å²) in [7, 11) is 0. The van der Waals surface area contributed by atoms with E-state index in [9.17, 15) is 0 Å². The van der Waals surface area contributed by atoms with Crippen LogP contribution in [0.4, 0.5) is 0 Å². The Labute approximate surface area is 141 Å². The summed E-state index contributed by atoms with van der Waals surface area (Å²) in [6.45, 7) is 9.23. The lowest BCUT2D eigenvalue weighted by Gasteiger charge is -2.07. The van der Waals surface area contributed by atoms with E-state index in [4.69, 9.17) is 0 Å². The Bertz CT molecular complexity index is 163. The summed E-state index contributed by atoms with van der Waals surface area (Å²) >= 11 is 0. The monoisotopic (exact) mass is 312 g/mol. The number of hydrogen-bond donors (Lipinski definition) is 2. The number of rotatable bonds is 19. The van der Waals surface area contributed by atoms with E-state index in [2.05, 4.69) is 24.5 Å². The van der Waals surface area contributed by atoms with Crippen LogP contribution in [0.15, 0.2) is 0 Å². The molecule has 2 nitrogen and oxygen atoms in total. The summed E-state index contributed by atoms with van der Waals surface area (Å²) in [4.78, 5) is 0.